The van der Waals surface area contributed by atoms with E-state index < -0.39 is 0 Å². The summed E-state index contributed by atoms with van der Waals surface area (Å²) < 4.78 is 0. The monoisotopic (exact) mass is 349 g/mol. The number of aromatic nitrogens is 3. The molecule has 3 aromatic rings. The van der Waals surface area contributed by atoms with E-state index in [1.54, 1.807) is 6.20 Å². The van der Waals surface area contributed by atoms with Gasteiger partial charge in [-0.1, -0.05) is 0 Å². The minimum atomic E-state index is 0.288. The molecule has 1 saturated heterocycles. The first-order chi connectivity index (χ1) is 12.8. The summed E-state index contributed by atoms with van der Waals surface area (Å²) >= 11 is 0. The van der Waals surface area contributed by atoms with Crippen molar-refractivity contribution in [1.29, 1.82) is 0 Å². The van der Waals surface area contributed by atoms with Crippen LogP contribution in [0.15, 0.2) is 48.8 Å². The molecular weight excluding hydrogens is 326 g/mol. The standard InChI is InChI=1S/C20H23N5O/c26-13-8-15-6-11-25(12-7-15)20-14-16(5-10-22-20)23-19-4-3-17-18(24-19)2-1-9-21-17/h1-5,9-10,14-15,26H,6-8,11-13H2,(H,22,23,24). The maximum absolute atomic E-state index is 9.10. The molecule has 0 spiro atoms. The Bertz CT molecular complexity index is 877. The molecule has 26 heavy (non-hydrogen) atoms. The zero-order chi connectivity index (χ0) is 17.8. The maximum Gasteiger partial charge on any atom is 0.131 e. The van der Waals surface area contributed by atoms with Crippen LogP contribution in [-0.2, 0) is 0 Å². The van der Waals surface area contributed by atoms with Crippen molar-refractivity contribution in [3.8, 4) is 0 Å². The van der Waals surface area contributed by atoms with Gasteiger partial charge in [-0.3, -0.25) is 4.98 Å². The highest BCUT2D eigenvalue weighted by atomic mass is 16.3. The van der Waals surface area contributed by atoms with E-state index in [0.29, 0.717) is 5.92 Å². The molecule has 0 radical (unpaired) electrons. The Kier molecular flexibility index (Phi) is 4.93. The SMILES string of the molecule is OCCC1CCN(c2cc(Nc3ccc4ncccc4n3)ccn2)CC1. The van der Waals surface area contributed by atoms with Crippen LogP contribution in [0.3, 0.4) is 0 Å². The molecule has 2 N–H and O–H groups in total. The van der Waals surface area contributed by atoms with Crippen molar-refractivity contribution in [1.82, 2.24) is 15.0 Å². The Hall–Kier alpha value is -2.73. The summed E-state index contributed by atoms with van der Waals surface area (Å²) in [7, 11) is 0. The van der Waals surface area contributed by atoms with Gasteiger partial charge < -0.3 is 15.3 Å². The Morgan fingerprint density at radius 1 is 1.04 bits per heavy atom. The number of nitrogens with one attached hydrogen (secondary N) is 1. The van der Waals surface area contributed by atoms with Crippen molar-refractivity contribution in [2.45, 2.75) is 19.3 Å². The number of aliphatic hydroxyl groups excluding tert-OH is 1. The van der Waals surface area contributed by atoms with E-state index in [-0.39, 0.29) is 6.61 Å². The van der Waals surface area contributed by atoms with Gasteiger partial charge >= 0.3 is 0 Å². The molecule has 134 valence electrons. The van der Waals surface area contributed by atoms with Crippen LogP contribution in [0.5, 0.6) is 0 Å². The molecule has 0 aromatic carbocycles. The molecular formula is C20H23N5O. The van der Waals surface area contributed by atoms with Gasteiger partial charge in [-0.15, -0.1) is 0 Å². The number of nitrogens with zero attached hydrogens (tertiary/aromatic N) is 4. The average Bonchev–Trinajstić information content (AvgIpc) is 2.69. The predicted molar refractivity (Wildman–Crippen MR) is 104 cm³/mol. The Labute approximate surface area is 152 Å². The van der Waals surface area contributed by atoms with E-state index in [1.165, 1.54) is 0 Å². The summed E-state index contributed by atoms with van der Waals surface area (Å²) in [6, 6.07) is 11.8. The number of aliphatic hydroxyl groups is 1. The largest absolute Gasteiger partial charge is 0.396 e. The van der Waals surface area contributed by atoms with Crippen molar-refractivity contribution >= 4 is 28.4 Å². The third-order valence-electron chi connectivity index (χ3n) is 4.95. The van der Waals surface area contributed by atoms with Crippen LogP contribution in [0.1, 0.15) is 19.3 Å². The van der Waals surface area contributed by atoms with E-state index in [1.807, 2.05) is 36.5 Å². The Morgan fingerprint density at radius 3 is 2.77 bits per heavy atom. The van der Waals surface area contributed by atoms with Gasteiger partial charge in [0.2, 0.25) is 0 Å². The summed E-state index contributed by atoms with van der Waals surface area (Å²) in [6.07, 6.45) is 6.74. The molecule has 1 fully saturated rings. The molecule has 0 amide bonds. The molecule has 0 unspecified atom stereocenters. The summed E-state index contributed by atoms with van der Waals surface area (Å²) in [4.78, 5) is 15.8. The number of rotatable bonds is 5. The quantitative estimate of drug-likeness (QED) is 0.736. The van der Waals surface area contributed by atoms with Gasteiger partial charge in [-0.2, -0.15) is 0 Å². The molecule has 6 heteroatoms. The highest BCUT2D eigenvalue weighted by molar-refractivity contribution is 5.76. The van der Waals surface area contributed by atoms with Crippen LogP contribution in [0.2, 0.25) is 0 Å². The van der Waals surface area contributed by atoms with Crippen molar-refractivity contribution in [2.24, 2.45) is 5.92 Å². The van der Waals surface area contributed by atoms with Gasteiger partial charge in [-0.05, 0) is 55.5 Å². The lowest BCUT2D eigenvalue weighted by Gasteiger charge is -2.32. The molecule has 0 saturated carbocycles. The first kappa shape index (κ1) is 16.7. The molecule has 1 aliphatic heterocycles. The minimum Gasteiger partial charge on any atom is -0.396 e. The van der Waals surface area contributed by atoms with Crippen LogP contribution in [0.25, 0.3) is 11.0 Å². The number of fused-ring (bicyclic) bond motifs is 1. The zero-order valence-electron chi connectivity index (χ0n) is 14.7. The first-order valence-electron chi connectivity index (χ1n) is 9.12. The smallest absolute Gasteiger partial charge is 0.131 e. The van der Waals surface area contributed by atoms with Crippen LogP contribution in [0.4, 0.5) is 17.3 Å². The molecule has 4 rings (SSSR count). The van der Waals surface area contributed by atoms with Gasteiger partial charge in [0.1, 0.15) is 11.6 Å². The predicted octanol–water partition coefficient (Wildman–Crippen LogP) is 3.37. The van der Waals surface area contributed by atoms with Gasteiger partial charge in [0.25, 0.3) is 0 Å². The second-order valence-electron chi connectivity index (χ2n) is 6.71. The average molecular weight is 349 g/mol. The molecule has 0 aliphatic carbocycles. The number of anilines is 3. The van der Waals surface area contributed by atoms with E-state index in [9.17, 15) is 0 Å². The minimum absolute atomic E-state index is 0.288. The maximum atomic E-state index is 9.10. The summed E-state index contributed by atoms with van der Waals surface area (Å²) in [5.41, 5.74) is 2.74. The molecule has 3 aromatic heterocycles. The van der Waals surface area contributed by atoms with Crippen LogP contribution < -0.4 is 10.2 Å². The first-order valence-corrected chi connectivity index (χ1v) is 9.12. The van der Waals surface area contributed by atoms with Gasteiger partial charge in [0.05, 0.1) is 11.0 Å². The molecule has 4 heterocycles. The van der Waals surface area contributed by atoms with Crippen LogP contribution in [-0.4, -0.2) is 39.8 Å². The number of pyridine rings is 3. The Morgan fingerprint density at radius 2 is 1.92 bits per heavy atom. The second-order valence-corrected chi connectivity index (χ2v) is 6.71. The Balaban J connectivity index is 1.47. The topological polar surface area (TPSA) is 74.2 Å². The molecule has 6 nitrogen and oxygen atoms in total. The van der Waals surface area contributed by atoms with Crippen molar-refractivity contribution in [2.75, 3.05) is 29.9 Å². The molecule has 1 aliphatic rings. The second kappa shape index (κ2) is 7.66. The van der Waals surface area contributed by atoms with Crippen LogP contribution in [0, 0.1) is 5.92 Å². The van der Waals surface area contributed by atoms with Crippen molar-refractivity contribution in [3.05, 3.63) is 48.8 Å². The van der Waals surface area contributed by atoms with Gasteiger partial charge in [0.15, 0.2) is 0 Å². The zero-order valence-corrected chi connectivity index (χ0v) is 14.7. The number of piperidine rings is 1. The van der Waals surface area contributed by atoms with Crippen molar-refractivity contribution in [3.63, 3.8) is 0 Å². The lowest BCUT2D eigenvalue weighted by Crippen LogP contribution is -2.34. The number of hydrogen-bond donors (Lipinski definition) is 2. The lowest BCUT2D eigenvalue weighted by molar-refractivity contribution is 0.240. The van der Waals surface area contributed by atoms with Gasteiger partial charge in [0, 0.05) is 43.8 Å². The fraction of sp³-hybridized carbons (Fsp3) is 0.350. The third-order valence-corrected chi connectivity index (χ3v) is 4.95. The van der Waals surface area contributed by atoms with Crippen LogP contribution >= 0.6 is 0 Å². The normalized spacial score (nSPS) is 15.3. The highest BCUT2D eigenvalue weighted by Crippen LogP contribution is 2.26. The molecule has 0 atom stereocenters. The third kappa shape index (κ3) is 3.75. The summed E-state index contributed by atoms with van der Waals surface area (Å²) in [5.74, 6) is 2.41. The van der Waals surface area contributed by atoms with Crippen molar-refractivity contribution < 1.29 is 5.11 Å². The summed E-state index contributed by atoms with van der Waals surface area (Å²) in [6.45, 7) is 2.26. The van der Waals surface area contributed by atoms with E-state index in [0.717, 1.165) is 60.7 Å². The van der Waals surface area contributed by atoms with E-state index in [2.05, 4.69) is 31.2 Å². The van der Waals surface area contributed by atoms with E-state index in [4.69, 9.17) is 5.11 Å². The lowest BCUT2D eigenvalue weighted by atomic mass is 9.94. The fourth-order valence-corrected chi connectivity index (χ4v) is 3.48. The number of hydrogen-bond acceptors (Lipinski definition) is 6. The van der Waals surface area contributed by atoms with Gasteiger partial charge in [-0.25, -0.2) is 9.97 Å². The fourth-order valence-electron chi connectivity index (χ4n) is 3.48. The highest BCUT2D eigenvalue weighted by Gasteiger charge is 2.19. The summed E-state index contributed by atoms with van der Waals surface area (Å²) in [5, 5.41) is 12.5. The molecule has 0 bridgehead atoms. The van der Waals surface area contributed by atoms with E-state index >= 15 is 0 Å².